The van der Waals surface area contributed by atoms with Gasteiger partial charge in [-0.3, -0.25) is 0 Å². The normalized spacial score (nSPS) is 20.1. The Morgan fingerprint density at radius 1 is 0.893 bits per heavy atom. The van der Waals surface area contributed by atoms with Crippen LogP contribution in [0.3, 0.4) is 0 Å². The first-order valence-electron chi connectivity index (χ1n) is 10.3. The molecule has 0 heterocycles. The summed E-state index contributed by atoms with van der Waals surface area (Å²) in [5.74, 6) is 0.789. The summed E-state index contributed by atoms with van der Waals surface area (Å²) >= 11 is 0. The molecule has 0 unspecified atom stereocenters. The fourth-order valence-electron chi connectivity index (χ4n) is 4.54. The molecule has 3 heteroatoms. The molecule has 0 aromatic heterocycles. The number of carbonyl (C=O) groups is 1. The quantitative estimate of drug-likeness (QED) is 0.387. The van der Waals surface area contributed by atoms with Gasteiger partial charge in [0.2, 0.25) is 0 Å². The molecule has 0 amide bonds. The van der Waals surface area contributed by atoms with Crippen LogP contribution in [0.5, 0.6) is 0 Å². The van der Waals surface area contributed by atoms with Crippen molar-refractivity contribution in [3.63, 3.8) is 0 Å². The van der Waals surface area contributed by atoms with E-state index < -0.39 is 8.32 Å². The average molecular weight is 393 g/mol. The first kappa shape index (κ1) is 20.8. The smallest absolute Gasteiger partial charge is 0.261 e. The molecule has 0 aliphatic heterocycles. The summed E-state index contributed by atoms with van der Waals surface area (Å²) in [6.07, 6.45) is 8.14. The molecular weight excluding hydrogens is 360 g/mol. The maximum atomic E-state index is 11.2. The highest BCUT2D eigenvalue weighted by Gasteiger charge is 2.50. The average Bonchev–Trinajstić information content (AvgIpc) is 2.70. The topological polar surface area (TPSA) is 26.3 Å². The summed E-state index contributed by atoms with van der Waals surface area (Å²) in [7, 11) is -2.50. The highest BCUT2D eigenvalue weighted by atomic mass is 28.4. The third kappa shape index (κ3) is 4.21. The van der Waals surface area contributed by atoms with Crippen molar-refractivity contribution in [1.29, 1.82) is 0 Å². The lowest BCUT2D eigenvalue weighted by Crippen LogP contribution is -2.67. The molecule has 1 aliphatic rings. The Labute approximate surface area is 170 Å². The number of hydrogen-bond donors (Lipinski definition) is 0. The minimum atomic E-state index is -2.50. The van der Waals surface area contributed by atoms with Crippen molar-refractivity contribution < 1.29 is 9.22 Å². The number of benzene rings is 2. The first-order valence-corrected chi connectivity index (χ1v) is 12.2. The van der Waals surface area contributed by atoms with Crippen LogP contribution >= 0.6 is 0 Å². The molecule has 0 N–H and O–H groups in total. The zero-order valence-electron chi connectivity index (χ0n) is 17.3. The maximum Gasteiger partial charge on any atom is 0.261 e. The van der Waals surface area contributed by atoms with Gasteiger partial charge < -0.3 is 9.22 Å². The van der Waals surface area contributed by atoms with Crippen LogP contribution in [0.1, 0.15) is 40.0 Å². The van der Waals surface area contributed by atoms with E-state index in [2.05, 4.69) is 93.6 Å². The fraction of sp³-hybridized carbons (Fsp3) is 0.400. The number of rotatable bonds is 7. The van der Waals surface area contributed by atoms with E-state index in [0.29, 0.717) is 24.9 Å². The zero-order chi connectivity index (χ0) is 20.0. The molecular formula is C25H32O2Si. The second-order valence-corrected chi connectivity index (χ2v) is 13.1. The molecule has 148 valence electrons. The van der Waals surface area contributed by atoms with Crippen molar-refractivity contribution >= 4 is 25.0 Å². The van der Waals surface area contributed by atoms with Crippen LogP contribution in [-0.2, 0) is 9.22 Å². The number of hydrogen-bond acceptors (Lipinski definition) is 2. The second-order valence-electron chi connectivity index (χ2n) is 8.84. The summed E-state index contributed by atoms with van der Waals surface area (Å²) in [6.45, 7) is 7.63. The van der Waals surface area contributed by atoms with E-state index >= 15 is 0 Å². The first-order chi connectivity index (χ1) is 13.5. The van der Waals surface area contributed by atoms with Crippen molar-refractivity contribution in [2.75, 3.05) is 6.61 Å². The standard InChI is InChI=1S/C25H32O2Si/c1-25(2,3)28(23-14-6-4-7-15-23,24-16-8-5-9-17-24)27-20-22-13-11-10-12-21(22)18-19-26/h4-11,14-17,19,21-22H,12-13,18,20H2,1-3H3/t21-,22+/m0/s1. The predicted octanol–water partition coefficient (Wildman–Crippen LogP) is 4.73. The molecule has 0 saturated carbocycles. The summed E-state index contributed by atoms with van der Waals surface area (Å²) in [4.78, 5) is 11.2. The van der Waals surface area contributed by atoms with Gasteiger partial charge in [0, 0.05) is 13.0 Å². The molecule has 3 rings (SSSR count). The molecule has 0 spiro atoms. The molecule has 0 bridgehead atoms. The Morgan fingerprint density at radius 3 is 1.86 bits per heavy atom. The zero-order valence-corrected chi connectivity index (χ0v) is 18.3. The van der Waals surface area contributed by atoms with E-state index in [0.717, 1.165) is 19.1 Å². The molecule has 2 aromatic rings. The van der Waals surface area contributed by atoms with E-state index in [-0.39, 0.29) is 5.04 Å². The van der Waals surface area contributed by atoms with Crippen LogP contribution < -0.4 is 10.4 Å². The van der Waals surface area contributed by atoms with Crippen molar-refractivity contribution in [3.05, 3.63) is 72.8 Å². The van der Waals surface area contributed by atoms with E-state index in [1.54, 1.807) is 0 Å². The SMILES string of the molecule is CC(C)(C)[Si](OC[C@H]1CC=CC[C@H]1CC=O)(c1ccccc1)c1ccccc1. The largest absolute Gasteiger partial charge is 0.407 e. The third-order valence-corrected chi connectivity index (χ3v) is 11.0. The molecule has 0 radical (unpaired) electrons. The minimum absolute atomic E-state index is 0.0135. The van der Waals surface area contributed by atoms with Crippen LogP contribution in [0.2, 0.25) is 5.04 Å². The molecule has 28 heavy (non-hydrogen) atoms. The monoisotopic (exact) mass is 392 g/mol. The van der Waals surface area contributed by atoms with Crippen molar-refractivity contribution in [1.82, 2.24) is 0 Å². The van der Waals surface area contributed by atoms with Gasteiger partial charge in [-0.15, -0.1) is 0 Å². The maximum absolute atomic E-state index is 11.2. The van der Waals surface area contributed by atoms with Crippen molar-refractivity contribution in [2.45, 2.75) is 45.1 Å². The van der Waals surface area contributed by atoms with E-state index in [9.17, 15) is 4.79 Å². The number of allylic oxidation sites excluding steroid dienone is 2. The Morgan fingerprint density at radius 2 is 1.39 bits per heavy atom. The van der Waals surface area contributed by atoms with Gasteiger partial charge in [-0.1, -0.05) is 93.6 Å². The van der Waals surface area contributed by atoms with Gasteiger partial charge in [0.05, 0.1) is 0 Å². The summed E-state index contributed by atoms with van der Waals surface area (Å²) < 4.78 is 7.07. The summed E-state index contributed by atoms with van der Waals surface area (Å²) in [5.41, 5.74) is 0. The Hall–Kier alpha value is -1.97. The van der Waals surface area contributed by atoms with Gasteiger partial charge >= 0.3 is 0 Å². The Bertz CT molecular complexity index is 738. The Balaban J connectivity index is 2.01. The molecule has 0 saturated heterocycles. The lowest BCUT2D eigenvalue weighted by Gasteiger charge is -2.44. The van der Waals surface area contributed by atoms with Gasteiger partial charge in [0.25, 0.3) is 8.32 Å². The van der Waals surface area contributed by atoms with E-state index in [1.807, 2.05) is 0 Å². The molecule has 2 atom stereocenters. The van der Waals surface area contributed by atoms with Gasteiger partial charge in [0.15, 0.2) is 0 Å². The van der Waals surface area contributed by atoms with Crippen LogP contribution in [0.25, 0.3) is 0 Å². The number of aldehydes is 1. The lowest BCUT2D eigenvalue weighted by atomic mass is 9.82. The predicted molar refractivity (Wildman–Crippen MR) is 120 cm³/mol. The van der Waals surface area contributed by atoms with Gasteiger partial charge in [0.1, 0.15) is 6.29 Å². The molecule has 2 nitrogen and oxygen atoms in total. The van der Waals surface area contributed by atoms with E-state index in [4.69, 9.17) is 4.43 Å². The van der Waals surface area contributed by atoms with Crippen molar-refractivity contribution in [2.24, 2.45) is 11.8 Å². The Kier molecular flexibility index (Phi) is 6.68. The highest BCUT2D eigenvalue weighted by molar-refractivity contribution is 6.99. The fourth-order valence-corrected chi connectivity index (χ4v) is 9.16. The van der Waals surface area contributed by atoms with Gasteiger partial charge in [-0.25, -0.2) is 0 Å². The van der Waals surface area contributed by atoms with Crippen molar-refractivity contribution in [3.8, 4) is 0 Å². The third-order valence-electron chi connectivity index (χ3n) is 6.04. The van der Waals surface area contributed by atoms with Crippen LogP contribution in [0.15, 0.2) is 72.8 Å². The van der Waals surface area contributed by atoms with Crippen LogP contribution in [0.4, 0.5) is 0 Å². The van der Waals surface area contributed by atoms with Gasteiger partial charge in [-0.2, -0.15) is 0 Å². The van der Waals surface area contributed by atoms with E-state index in [1.165, 1.54) is 10.4 Å². The minimum Gasteiger partial charge on any atom is -0.407 e. The van der Waals surface area contributed by atoms with Gasteiger partial charge in [-0.05, 0) is 40.1 Å². The second kappa shape index (κ2) is 9.02. The highest BCUT2D eigenvalue weighted by Crippen LogP contribution is 2.38. The van der Waals surface area contributed by atoms with Crippen LogP contribution in [0, 0.1) is 11.8 Å². The molecule has 0 fully saturated rings. The molecule has 2 aromatic carbocycles. The van der Waals surface area contributed by atoms with Crippen LogP contribution in [-0.4, -0.2) is 21.2 Å². The summed E-state index contributed by atoms with van der Waals surface area (Å²) in [6, 6.07) is 21.5. The number of carbonyl (C=O) groups excluding carboxylic acids is 1. The molecule has 1 aliphatic carbocycles. The lowest BCUT2D eigenvalue weighted by molar-refractivity contribution is -0.109. The summed E-state index contributed by atoms with van der Waals surface area (Å²) in [5, 5.41) is 2.61.